The lowest BCUT2D eigenvalue weighted by molar-refractivity contribution is -0.116. The first-order chi connectivity index (χ1) is 8.52. The predicted molar refractivity (Wildman–Crippen MR) is 76.5 cm³/mol. The second kappa shape index (κ2) is 6.95. The third-order valence-electron chi connectivity index (χ3n) is 2.37. The molecule has 18 heavy (non-hydrogen) atoms. The van der Waals surface area contributed by atoms with Gasteiger partial charge in [-0.2, -0.15) is 0 Å². The van der Waals surface area contributed by atoms with Crippen LogP contribution in [0.25, 0.3) is 0 Å². The molecule has 0 aliphatic carbocycles. The van der Waals surface area contributed by atoms with E-state index in [1.165, 1.54) is 18.7 Å². The average Bonchev–Trinajstić information content (AvgIpc) is 2.36. The molecule has 0 bridgehead atoms. The molecule has 0 saturated carbocycles. The van der Waals surface area contributed by atoms with Crippen LogP contribution in [0, 0.1) is 0 Å². The summed E-state index contributed by atoms with van der Waals surface area (Å²) in [4.78, 5) is 23.7. The first kappa shape index (κ1) is 15.2. The number of esters is 1. The van der Waals surface area contributed by atoms with E-state index in [-0.39, 0.29) is 11.8 Å². The number of hydrogen-bond donors (Lipinski definition) is 0. The number of alkyl halides is 1. The number of carbonyl (C=O) groups excluding carboxylic acids is 2. The highest BCUT2D eigenvalue weighted by Gasteiger charge is 2.21. The fourth-order valence-electron chi connectivity index (χ4n) is 1.57. The zero-order valence-electron chi connectivity index (χ0n) is 10.5. The van der Waals surface area contributed by atoms with Crippen molar-refractivity contribution in [3.8, 4) is 0 Å². The number of ether oxygens (including phenoxy) is 1. The molecule has 0 heterocycles. The molecule has 0 aromatic heterocycles. The largest absolute Gasteiger partial charge is 0.462 e. The smallest absolute Gasteiger partial charge is 0.339 e. The van der Waals surface area contributed by atoms with E-state index in [2.05, 4.69) is 15.9 Å². The molecule has 0 saturated heterocycles. The van der Waals surface area contributed by atoms with Crippen molar-refractivity contribution in [1.82, 2.24) is 0 Å². The maximum atomic E-state index is 11.8. The Kier molecular flexibility index (Phi) is 5.88. The highest BCUT2D eigenvalue weighted by molar-refractivity contribution is 9.09. The summed E-state index contributed by atoms with van der Waals surface area (Å²) < 4.78 is 5.01. The highest BCUT2D eigenvalue weighted by Crippen LogP contribution is 2.34. The van der Waals surface area contributed by atoms with Crippen LogP contribution >= 0.6 is 27.7 Å². The van der Waals surface area contributed by atoms with Crippen LogP contribution in [0.3, 0.4) is 0 Å². The van der Waals surface area contributed by atoms with Gasteiger partial charge >= 0.3 is 5.97 Å². The number of ketones is 1. The van der Waals surface area contributed by atoms with Crippen molar-refractivity contribution < 1.29 is 14.3 Å². The van der Waals surface area contributed by atoms with Crippen molar-refractivity contribution in [2.75, 3.05) is 12.9 Å². The average molecular weight is 331 g/mol. The number of hydrogen-bond acceptors (Lipinski definition) is 4. The SMILES string of the molecule is CCOC(=O)c1cccc(C(Br)C(C)=O)c1SC. The molecule has 0 spiro atoms. The fraction of sp³-hybridized carbons (Fsp3) is 0.385. The van der Waals surface area contributed by atoms with E-state index >= 15 is 0 Å². The van der Waals surface area contributed by atoms with Crippen LogP contribution < -0.4 is 0 Å². The van der Waals surface area contributed by atoms with Gasteiger partial charge in [-0.3, -0.25) is 4.79 Å². The number of benzene rings is 1. The topological polar surface area (TPSA) is 43.4 Å². The molecule has 3 nitrogen and oxygen atoms in total. The minimum atomic E-state index is -0.394. The number of carbonyl (C=O) groups is 2. The Balaban J connectivity index is 3.26. The summed E-state index contributed by atoms with van der Waals surface area (Å²) in [6.07, 6.45) is 1.88. The van der Waals surface area contributed by atoms with Crippen molar-refractivity contribution in [3.05, 3.63) is 29.3 Å². The Hall–Kier alpha value is -0.810. The molecule has 0 radical (unpaired) electrons. The zero-order chi connectivity index (χ0) is 13.7. The van der Waals surface area contributed by atoms with Crippen LogP contribution in [-0.2, 0) is 9.53 Å². The molecular formula is C13H15BrO3S. The molecule has 5 heteroatoms. The summed E-state index contributed by atoms with van der Waals surface area (Å²) in [6, 6.07) is 5.32. The number of thioether (sulfide) groups is 1. The van der Waals surface area contributed by atoms with Crippen LogP contribution in [0.5, 0.6) is 0 Å². The Bertz CT molecular complexity index is 460. The Labute approximate surface area is 119 Å². The minimum Gasteiger partial charge on any atom is -0.462 e. The van der Waals surface area contributed by atoms with Gasteiger partial charge in [-0.25, -0.2) is 4.79 Å². The molecule has 98 valence electrons. The van der Waals surface area contributed by atoms with Crippen molar-refractivity contribution in [3.63, 3.8) is 0 Å². The minimum absolute atomic E-state index is 0.00584. The molecule has 0 N–H and O–H groups in total. The maximum absolute atomic E-state index is 11.8. The van der Waals surface area contributed by atoms with Gasteiger partial charge in [0.05, 0.1) is 17.0 Å². The van der Waals surface area contributed by atoms with Gasteiger partial charge in [-0.1, -0.05) is 28.1 Å². The highest BCUT2D eigenvalue weighted by atomic mass is 79.9. The summed E-state index contributed by atoms with van der Waals surface area (Å²) in [6.45, 7) is 3.62. The van der Waals surface area contributed by atoms with Gasteiger partial charge in [0.2, 0.25) is 0 Å². The number of Topliss-reactive ketones (excluding diaryl/α,β-unsaturated/α-hetero) is 1. The van der Waals surface area contributed by atoms with Crippen LogP contribution in [0.2, 0.25) is 0 Å². The molecule has 1 aromatic rings. The standard InChI is InChI=1S/C13H15BrO3S/c1-4-17-13(16)10-7-5-6-9(12(10)18-3)11(14)8(2)15/h5-7,11H,4H2,1-3H3. The van der Waals surface area contributed by atoms with E-state index in [9.17, 15) is 9.59 Å². The van der Waals surface area contributed by atoms with Gasteiger partial charge in [0, 0.05) is 4.90 Å². The summed E-state index contributed by atoms with van der Waals surface area (Å²) >= 11 is 4.79. The Morgan fingerprint density at radius 1 is 1.44 bits per heavy atom. The van der Waals surface area contributed by atoms with Crippen LogP contribution in [0.4, 0.5) is 0 Å². The molecule has 1 atom stereocenters. The quantitative estimate of drug-likeness (QED) is 0.470. The number of rotatable bonds is 5. The first-order valence-electron chi connectivity index (χ1n) is 5.51. The fourth-order valence-corrected chi connectivity index (χ4v) is 2.90. The second-order valence-electron chi connectivity index (χ2n) is 3.62. The van der Waals surface area contributed by atoms with Crippen LogP contribution in [0.15, 0.2) is 23.1 Å². The van der Waals surface area contributed by atoms with E-state index < -0.39 is 4.83 Å². The number of halogens is 1. The van der Waals surface area contributed by atoms with Crippen molar-refractivity contribution in [2.45, 2.75) is 23.6 Å². The van der Waals surface area contributed by atoms with Crippen LogP contribution in [-0.4, -0.2) is 24.6 Å². The molecule has 0 amide bonds. The monoisotopic (exact) mass is 330 g/mol. The Morgan fingerprint density at radius 3 is 2.61 bits per heavy atom. The second-order valence-corrected chi connectivity index (χ2v) is 5.35. The molecule has 1 rings (SSSR count). The third-order valence-corrected chi connectivity index (χ3v) is 4.38. The molecule has 0 aliphatic rings. The van der Waals surface area contributed by atoms with Gasteiger partial charge < -0.3 is 4.74 Å². The van der Waals surface area contributed by atoms with Crippen molar-refractivity contribution in [1.29, 1.82) is 0 Å². The zero-order valence-corrected chi connectivity index (χ0v) is 12.9. The molecule has 0 fully saturated rings. The predicted octanol–water partition coefficient (Wildman–Crippen LogP) is 3.61. The van der Waals surface area contributed by atoms with Gasteiger partial charge in [-0.15, -0.1) is 11.8 Å². The molecule has 1 unspecified atom stereocenters. The van der Waals surface area contributed by atoms with Crippen molar-refractivity contribution >= 4 is 39.4 Å². The van der Waals surface area contributed by atoms with Gasteiger partial charge in [0.1, 0.15) is 5.78 Å². The van der Waals surface area contributed by atoms with Gasteiger partial charge in [-0.05, 0) is 31.7 Å². The van der Waals surface area contributed by atoms with E-state index in [0.29, 0.717) is 12.2 Å². The van der Waals surface area contributed by atoms with Gasteiger partial charge in [0.15, 0.2) is 0 Å². The summed E-state index contributed by atoms with van der Waals surface area (Å²) in [7, 11) is 0. The molecule has 1 aromatic carbocycles. The third kappa shape index (κ3) is 3.36. The molecule has 0 aliphatic heterocycles. The Morgan fingerprint density at radius 2 is 2.11 bits per heavy atom. The van der Waals surface area contributed by atoms with Crippen molar-refractivity contribution in [2.24, 2.45) is 0 Å². The molecular weight excluding hydrogens is 316 g/mol. The normalized spacial score (nSPS) is 12.0. The van der Waals surface area contributed by atoms with E-state index in [0.717, 1.165) is 10.5 Å². The summed E-state index contributed by atoms with van der Waals surface area (Å²) in [5, 5.41) is 0. The lowest BCUT2D eigenvalue weighted by Gasteiger charge is -2.14. The first-order valence-corrected chi connectivity index (χ1v) is 7.65. The lowest BCUT2D eigenvalue weighted by atomic mass is 10.1. The lowest BCUT2D eigenvalue weighted by Crippen LogP contribution is -2.10. The summed E-state index contributed by atoms with van der Waals surface area (Å²) in [5.74, 6) is -0.349. The van der Waals surface area contributed by atoms with E-state index in [1.54, 1.807) is 19.1 Å². The van der Waals surface area contributed by atoms with Crippen LogP contribution in [0.1, 0.15) is 34.6 Å². The van der Waals surface area contributed by atoms with Gasteiger partial charge in [0.25, 0.3) is 0 Å². The van der Waals surface area contributed by atoms with E-state index in [1.807, 2.05) is 12.3 Å². The summed E-state index contributed by atoms with van der Waals surface area (Å²) in [5.41, 5.74) is 1.31. The van der Waals surface area contributed by atoms with E-state index in [4.69, 9.17) is 4.74 Å². The maximum Gasteiger partial charge on any atom is 0.339 e.